The van der Waals surface area contributed by atoms with E-state index in [1.807, 2.05) is 25.2 Å². The van der Waals surface area contributed by atoms with Gasteiger partial charge in [-0.25, -0.2) is 0 Å². The molecule has 5 nitrogen and oxygen atoms in total. The molecular formula is C15H23NO4. The first-order valence-electron chi connectivity index (χ1n) is 6.81. The SMILES string of the molecule is CCOC(=O)Cc1ccc(OC)c(OCCCNC)c1. The predicted octanol–water partition coefficient (Wildman–Crippen LogP) is 1.79. The van der Waals surface area contributed by atoms with E-state index in [2.05, 4.69) is 5.32 Å². The molecule has 0 fully saturated rings. The van der Waals surface area contributed by atoms with Gasteiger partial charge in [-0.05, 0) is 44.6 Å². The number of methoxy groups -OCH3 is 1. The molecule has 0 radical (unpaired) electrons. The van der Waals surface area contributed by atoms with Gasteiger partial charge in [0.1, 0.15) is 0 Å². The number of rotatable bonds is 9. The van der Waals surface area contributed by atoms with Crippen molar-refractivity contribution in [3.8, 4) is 11.5 Å². The monoisotopic (exact) mass is 281 g/mol. The van der Waals surface area contributed by atoms with Crippen LogP contribution in [-0.2, 0) is 16.0 Å². The van der Waals surface area contributed by atoms with E-state index in [1.165, 1.54) is 0 Å². The average molecular weight is 281 g/mol. The molecule has 0 aliphatic heterocycles. The van der Waals surface area contributed by atoms with Crippen molar-refractivity contribution < 1.29 is 19.0 Å². The zero-order valence-corrected chi connectivity index (χ0v) is 12.4. The Bertz CT molecular complexity index is 420. The normalized spacial score (nSPS) is 10.2. The van der Waals surface area contributed by atoms with Gasteiger partial charge in [-0.15, -0.1) is 0 Å². The van der Waals surface area contributed by atoms with Crippen molar-refractivity contribution in [3.05, 3.63) is 23.8 Å². The topological polar surface area (TPSA) is 56.8 Å². The van der Waals surface area contributed by atoms with Crippen LogP contribution in [0.2, 0.25) is 0 Å². The molecule has 0 aliphatic carbocycles. The van der Waals surface area contributed by atoms with Gasteiger partial charge < -0.3 is 19.5 Å². The third-order valence-corrected chi connectivity index (χ3v) is 2.71. The predicted molar refractivity (Wildman–Crippen MR) is 77.4 cm³/mol. The summed E-state index contributed by atoms with van der Waals surface area (Å²) in [6, 6.07) is 5.48. The average Bonchev–Trinajstić information content (AvgIpc) is 2.44. The van der Waals surface area contributed by atoms with Crippen LogP contribution in [0.4, 0.5) is 0 Å². The van der Waals surface area contributed by atoms with Crippen molar-refractivity contribution in [3.63, 3.8) is 0 Å². The Kier molecular flexibility index (Phi) is 7.50. The quantitative estimate of drug-likeness (QED) is 0.552. The largest absolute Gasteiger partial charge is 0.493 e. The molecule has 20 heavy (non-hydrogen) atoms. The van der Waals surface area contributed by atoms with Crippen molar-refractivity contribution in [2.24, 2.45) is 0 Å². The minimum absolute atomic E-state index is 0.237. The first-order valence-corrected chi connectivity index (χ1v) is 6.81. The van der Waals surface area contributed by atoms with Crippen LogP contribution in [0.3, 0.4) is 0 Å². The Hall–Kier alpha value is -1.75. The fourth-order valence-corrected chi connectivity index (χ4v) is 1.75. The standard InChI is InChI=1S/C15H23NO4/c1-4-19-15(17)11-12-6-7-13(18-3)14(10-12)20-9-5-8-16-2/h6-7,10,16H,4-5,8-9,11H2,1-3H3. The molecule has 0 heterocycles. The minimum Gasteiger partial charge on any atom is -0.493 e. The zero-order valence-electron chi connectivity index (χ0n) is 12.4. The number of hydrogen-bond donors (Lipinski definition) is 1. The van der Waals surface area contributed by atoms with Crippen molar-refractivity contribution in [2.75, 3.05) is 33.9 Å². The van der Waals surface area contributed by atoms with E-state index in [-0.39, 0.29) is 12.4 Å². The highest BCUT2D eigenvalue weighted by Gasteiger charge is 2.09. The molecule has 5 heteroatoms. The summed E-state index contributed by atoms with van der Waals surface area (Å²) < 4.78 is 15.9. The summed E-state index contributed by atoms with van der Waals surface area (Å²) in [6.07, 6.45) is 1.15. The molecule has 0 spiro atoms. The van der Waals surface area contributed by atoms with Gasteiger partial charge >= 0.3 is 5.97 Å². The molecule has 1 rings (SSSR count). The lowest BCUT2D eigenvalue weighted by molar-refractivity contribution is -0.142. The van der Waals surface area contributed by atoms with Crippen molar-refractivity contribution in [2.45, 2.75) is 19.8 Å². The Morgan fingerprint density at radius 2 is 2.10 bits per heavy atom. The van der Waals surface area contributed by atoms with Crippen LogP contribution in [0.25, 0.3) is 0 Å². The molecule has 112 valence electrons. The Balaban J connectivity index is 2.67. The van der Waals surface area contributed by atoms with E-state index >= 15 is 0 Å². The van der Waals surface area contributed by atoms with Gasteiger partial charge in [-0.1, -0.05) is 6.07 Å². The number of carbonyl (C=O) groups is 1. The van der Waals surface area contributed by atoms with Gasteiger partial charge in [0, 0.05) is 0 Å². The Morgan fingerprint density at radius 1 is 1.30 bits per heavy atom. The molecule has 0 unspecified atom stereocenters. The molecule has 1 N–H and O–H groups in total. The maximum atomic E-state index is 11.5. The van der Waals surface area contributed by atoms with Crippen LogP contribution in [0.1, 0.15) is 18.9 Å². The molecule has 1 aromatic rings. The van der Waals surface area contributed by atoms with Crippen LogP contribution in [0.5, 0.6) is 11.5 Å². The molecule has 0 bridgehead atoms. The molecule has 0 saturated heterocycles. The zero-order chi connectivity index (χ0) is 14.8. The molecule has 0 saturated carbocycles. The van der Waals surface area contributed by atoms with Crippen LogP contribution >= 0.6 is 0 Å². The molecule has 0 aromatic heterocycles. The van der Waals surface area contributed by atoms with Crippen LogP contribution in [-0.4, -0.2) is 39.9 Å². The smallest absolute Gasteiger partial charge is 0.310 e. The Morgan fingerprint density at radius 3 is 2.75 bits per heavy atom. The molecule has 0 atom stereocenters. The third-order valence-electron chi connectivity index (χ3n) is 2.71. The van der Waals surface area contributed by atoms with Gasteiger partial charge in [0.05, 0.1) is 26.7 Å². The van der Waals surface area contributed by atoms with Crippen LogP contribution in [0, 0.1) is 0 Å². The molecule has 0 amide bonds. The summed E-state index contributed by atoms with van der Waals surface area (Å²) in [6.45, 7) is 3.68. The maximum Gasteiger partial charge on any atom is 0.310 e. The second-order valence-electron chi connectivity index (χ2n) is 4.27. The van der Waals surface area contributed by atoms with E-state index in [4.69, 9.17) is 14.2 Å². The van der Waals surface area contributed by atoms with Crippen molar-refractivity contribution >= 4 is 5.97 Å². The summed E-state index contributed by atoms with van der Waals surface area (Å²) in [5.74, 6) is 1.09. The maximum absolute atomic E-state index is 11.5. The van der Waals surface area contributed by atoms with E-state index < -0.39 is 0 Å². The number of carbonyl (C=O) groups excluding carboxylic acids is 1. The van der Waals surface area contributed by atoms with Gasteiger partial charge in [-0.3, -0.25) is 4.79 Å². The summed E-state index contributed by atoms with van der Waals surface area (Å²) in [4.78, 5) is 11.5. The van der Waals surface area contributed by atoms with Crippen LogP contribution in [0.15, 0.2) is 18.2 Å². The number of esters is 1. The summed E-state index contributed by atoms with van der Waals surface area (Å²) >= 11 is 0. The number of benzene rings is 1. The van der Waals surface area contributed by atoms with E-state index in [0.717, 1.165) is 18.5 Å². The second-order valence-corrected chi connectivity index (χ2v) is 4.27. The highest BCUT2D eigenvalue weighted by atomic mass is 16.5. The van der Waals surface area contributed by atoms with Crippen LogP contribution < -0.4 is 14.8 Å². The van der Waals surface area contributed by atoms with E-state index in [0.29, 0.717) is 24.7 Å². The lowest BCUT2D eigenvalue weighted by Crippen LogP contribution is -2.12. The molecular weight excluding hydrogens is 258 g/mol. The fraction of sp³-hybridized carbons (Fsp3) is 0.533. The first-order chi connectivity index (χ1) is 9.71. The number of hydrogen-bond acceptors (Lipinski definition) is 5. The first kappa shape index (κ1) is 16.3. The van der Waals surface area contributed by atoms with Crippen molar-refractivity contribution in [1.82, 2.24) is 5.32 Å². The lowest BCUT2D eigenvalue weighted by Gasteiger charge is -2.12. The third kappa shape index (κ3) is 5.48. The summed E-state index contributed by atoms with van der Waals surface area (Å²) in [5.41, 5.74) is 0.855. The second kappa shape index (κ2) is 9.20. The fourth-order valence-electron chi connectivity index (χ4n) is 1.75. The van der Waals surface area contributed by atoms with Gasteiger partial charge in [-0.2, -0.15) is 0 Å². The summed E-state index contributed by atoms with van der Waals surface area (Å²) in [5, 5.41) is 3.06. The number of ether oxygens (including phenoxy) is 3. The Labute approximate surface area is 120 Å². The van der Waals surface area contributed by atoms with Gasteiger partial charge in [0.2, 0.25) is 0 Å². The molecule has 1 aromatic carbocycles. The molecule has 0 aliphatic rings. The minimum atomic E-state index is -0.237. The van der Waals surface area contributed by atoms with E-state index in [9.17, 15) is 4.79 Å². The van der Waals surface area contributed by atoms with Crippen molar-refractivity contribution in [1.29, 1.82) is 0 Å². The highest BCUT2D eigenvalue weighted by molar-refractivity contribution is 5.72. The van der Waals surface area contributed by atoms with E-state index in [1.54, 1.807) is 14.0 Å². The highest BCUT2D eigenvalue weighted by Crippen LogP contribution is 2.28. The van der Waals surface area contributed by atoms with Gasteiger partial charge in [0.25, 0.3) is 0 Å². The lowest BCUT2D eigenvalue weighted by atomic mass is 10.1. The number of nitrogens with one attached hydrogen (secondary N) is 1. The van der Waals surface area contributed by atoms with Gasteiger partial charge in [0.15, 0.2) is 11.5 Å². The summed E-state index contributed by atoms with van der Waals surface area (Å²) in [7, 11) is 3.50.